The summed E-state index contributed by atoms with van der Waals surface area (Å²) in [5, 5.41) is 0. The van der Waals surface area contributed by atoms with Crippen LogP contribution in [-0.4, -0.2) is 80.0 Å². The van der Waals surface area contributed by atoms with Gasteiger partial charge in [0.1, 0.15) is 0 Å². The van der Waals surface area contributed by atoms with Gasteiger partial charge in [-0.1, -0.05) is 0 Å². The van der Waals surface area contributed by atoms with Crippen LogP contribution in [-0.2, 0) is 4.79 Å². The molecule has 21 heavy (non-hydrogen) atoms. The molecule has 0 aliphatic carbocycles. The fraction of sp³-hybridized carbons (Fsp3) is 0.938. The number of nitrogens with two attached hydrogens (primary N) is 1. The molecule has 2 rings (SSSR count). The van der Waals surface area contributed by atoms with E-state index in [1.807, 2.05) is 4.90 Å². The molecule has 0 aromatic carbocycles. The number of amides is 1. The van der Waals surface area contributed by atoms with Crippen LogP contribution in [0, 0.1) is 5.92 Å². The Bertz CT molecular complexity index is 320. The molecular formula is C16H32N4O. The maximum Gasteiger partial charge on any atom is 0.224 e. The van der Waals surface area contributed by atoms with Gasteiger partial charge in [-0.3, -0.25) is 9.69 Å². The third-order valence-electron chi connectivity index (χ3n) is 4.93. The fourth-order valence-corrected chi connectivity index (χ4v) is 3.68. The molecule has 0 aromatic rings. The van der Waals surface area contributed by atoms with Crippen molar-refractivity contribution in [3.05, 3.63) is 0 Å². The highest BCUT2D eigenvalue weighted by Crippen LogP contribution is 2.21. The Labute approximate surface area is 129 Å². The molecule has 2 heterocycles. The van der Waals surface area contributed by atoms with Gasteiger partial charge in [0.25, 0.3) is 0 Å². The second-order valence-corrected chi connectivity index (χ2v) is 6.92. The van der Waals surface area contributed by atoms with Gasteiger partial charge < -0.3 is 15.5 Å². The van der Waals surface area contributed by atoms with E-state index < -0.39 is 0 Å². The summed E-state index contributed by atoms with van der Waals surface area (Å²) in [6, 6.07) is 0.235. The molecule has 2 aliphatic heterocycles. The summed E-state index contributed by atoms with van der Waals surface area (Å²) >= 11 is 0. The van der Waals surface area contributed by atoms with Crippen LogP contribution in [0.1, 0.15) is 32.1 Å². The molecule has 2 N–H and O–H groups in total. The van der Waals surface area contributed by atoms with Gasteiger partial charge >= 0.3 is 0 Å². The second kappa shape index (κ2) is 8.11. The van der Waals surface area contributed by atoms with Gasteiger partial charge in [0, 0.05) is 38.6 Å². The highest BCUT2D eigenvalue weighted by atomic mass is 16.2. The Kier molecular flexibility index (Phi) is 6.45. The molecule has 1 unspecified atom stereocenters. The van der Waals surface area contributed by atoms with Crippen LogP contribution in [0.15, 0.2) is 0 Å². The number of nitrogens with zero attached hydrogens (tertiary/aromatic N) is 3. The molecule has 0 aromatic heterocycles. The van der Waals surface area contributed by atoms with Crippen LogP contribution in [0.5, 0.6) is 0 Å². The summed E-state index contributed by atoms with van der Waals surface area (Å²) in [7, 11) is 4.29. The molecule has 0 bridgehead atoms. The zero-order chi connectivity index (χ0) is 15.2. The highest BCUT2D eigenvalue weighted by Gasteiger charge is 2.28. The minimum Gasteiger partial charge on any atom is -0.343 e. The first-order valence-electron chi connectivity index (χ1n) is 8.46. The third kappa shape index (κ3) is 4.94. The molecule has 0 radical (unpaired) electrons. The van der Waals surface area contributed by atoms with Crippen molar-refractivity contribution in [2.24, 2.45) is 11.7 Å². The van der Waals surface area contributed by atoms with E-state index >= 15 is 0 Å². The molecule has 122 valence electrons. The number of likely N-dealkylation sites (tertiary alicyclic amines) is 2. The lowest BCUT2D eigenvalue weighted by Gasteiger charge is -2.38. The van der Waals surface area contributed by atoms with Crippen LogP contribution >= 0.6 is 0 Å². The lowest BCUT2D eigenvalue weighted by atomic mass is 9.94. The van der Waals surface area contributed by atoms with E-state index in [0.717, 1.165) is 44.9 Å². The van der Waals surface area contributed by atoms with E-state index in [1.165, 1.54) is 19.4 Å². The van der Waals surface area contributed by atoms with Gasteiger partial charge in [-0.05, 0) is 58.8 Å². The van der Waals surface area contributed by atoms with Gasteiger partial charge in [0.2, 0.25) is 5.91 Å². The van der Waals surface area contributed by atoms with Gasteiger partial charge in [-0.2, -0.15) is 0 Å². The average molecular weight is 296 g/mol. The first-order valence-corrected chi connectivity index (χ1v) is 8.46. The third-order valence-corrected chi connectivity index (χ3v) is 4.93. The van der Waals surface area contributed by atoms with Crippen LogP contribution in [0.25, 0.3) is 0 Å². The summed E-state index contributed by atoms with van der Waals surface area (Å²) in [5.41, 5.74) is 5.95. The topological polar surface area (TPSA) is 52.8 Å². The quantitative estimate of drug-likeness (QED) is 0.780. The van der Waals surface area contributed by atoms with Crippen LogP contribution in [0.4, 0.5) is 0 Å². The zero-order valence-electron chi connectivity index (χ0n) is 13.8. The van der Waals surface area contributed by atoms with Gasteiger partial charge in [0.15, 0.2) is 0 Å². The van der Waals surface area contributed by atoms with Crippen LogP contribution < -0.4 is 5.73 Å². The predicted molar refractivity (Wildman–Crippen MR) is 86.1 cm³/mol. The maximum atomic E-state index is 12.3. The van der Waals surface area contributed by atoms with Crippen LogP contribution in [0.2, 0.25) is 0 Å². The van der Waals surface area contributed by atoms with Gasteiger partial charge in [-0.15, -0.1) is 0 Å². The molecule has 5 heteroatoms. The minimum atomic E-state index is 0.235. The number of hydrogen-bond acceptors (Lipinski definition) is 4. The van der Waals surface area contributed by atoms with E-state index in [0.29, 0.717) is 18.9 Å². The molecule has 2 fully saturated rings. The second-order valence-electron chi connectivity index (χ2n) is 6.92. The Balaban J connectivity index is 1.77. The first-order chi connectivity index (χ1) is 10.1. The number of carbonyl (C=O) groups is 1. The fourth-order valence-electron chi connectivity index (χ4n) is 3.68. The van der Waals surface area contributed by atoms with Crippen molar-refractivity contribution >= 4 is 5.91 Å². The summed E-state index contributed by atoms with van der Waals surface area (Å²) in [6.07, 6.45) is 5.39. The molecule has 0 saturated carbocycles. The van der Waals surface area contributed by atoms with E-state index in [1.54, 1.807) is 0 Å². The molecule has 1 atom stereocenters. The molecule has 0 spiro atoms. The zero-order valence-corrected chi connectivity index (χ0v) is 13.8. The van der Waals surface area contributed by atoms with E-state index in [2.05, 4.69) is 23.9 Å². The summed E-state index contributed by atoms with van der Waals surface area (Å²) in [5.74, 6) is 1.10. The molecule has 5 nitrogen and oxygen atoms in total. The highest BCUT2D eigenvalue weighted by molar-refractivity contribution is 5.77. The van der Waals surface area contributed by atoms with E-state index in [-0.39, 0.29) is 6.04 Å². The summed E-state index contributed by atoms with van der Waals surface area (Å²) in [4.78, 5) is 19.0. The Morgan fingerprint density at radius 1 is 1.19 bits per heavy atom. The van der Waals surface area contributed by atoms with E-state index in [4.69, 9.17) is 5.73 Å². The monoisotopic (exact) mass is 296 g/mol. The lowest BCUT2D eigenvalue weighted by molar-refractivity contribution is -0.131. The summed E-state index contributed by atoms with van der Waals surface area (Å²) < 4.78 is 0. The molecule has 2 saturated heterocycles. The van der Waals surface area contributed by atoms with Gasteiger partial charge in [0.05, 0.1) is 0 Å². The molecule has 2 aliphatic rings. The maximum absolute atomic E-state index is 12.3. The van der Waals surface area contributed by atoms with Crippen molar-refractivity contribution in [1.29, 1.82) is 0 Å². The van der Waals surface area contributed by atoms with Crippen molar-refractivity contribution in [3.8, 4) is 0 Å². The number of carbonyl (C=O) groups excluding carboxylic acids is 1. The number of rotatable bonds is 6. The summed E-state index contributed by atoms with van der Waals surface area (Å²) in [6.45, 7) is 5.84. The minimum absolute atomic E-state index is 0.235. The Morgan fingerprint density at radius 3 is 2.33 bits per heavy atom. The number of hydrogen-bond donors (Lipinski definition) is 1. The standard InChI is InChI=1S/C16H32N4O/c1-18(2)13-14-5-9-19(10-6-14)15(12-17)11-16(21)20-7-3-4-8-20/h14-15H,3-13,17H2,1-2H3. The van der Waals surface area contributed by atoms with E-state index in [9.17, 15) is 4.79 Å². The van der Waals surface area contributed by atoms with Crippen molar-refractivity contribution in [2.75, 3.05) is 53.4 Å². The largest absolute Gasteiger partial charge is 0.343 e. The SMILES string of the molecule is CN(C)CC1CCN(C(CN)CC(=O)N2CCCC2)CC1. The van der Waals surface area contributed by atoms with Crippen molar-refractivity contribution in [2.45, 2.75) is 38.1 Å². The average Bonchev–Trinajstić information content (AvgIpc) is 2.99. The Morgan fingerprint density at radius 2 is 1.81 bits per heavy atom. The predicted octanol–water partition coefficient (Wildman–Crippen LogP) is 0.600. The van der Waals surface area contributed by atoms with Gasteiger partial charge in [-0.25, -0.2) is 0 Å². The molecular weight excluding hydrogens is 264 g/mol. The number of piperidine rings is 1. The first kappa shape index (κ1) is 16.7. The Hall–Kier alpha value is -0.650. The lowest BCUT2D eigenvalue weighted by Crippen LogP contribution is -2.48. The smallest absolute Gasteiger partial charge is 0.224 e. The normalized spacial score (nSPS) is 23.0. The van der Waals surface area contributed by atoms with Crippen molar-refractivity contribution in [3.63, 3.8) is 0 Å². The molecule has 1 amide bonds. The van der Waals surface area contributed by atoms with Crippen molar-refractivity contribution < 1.29 is 4.79 Å². The van der Waals surface area contributed by atoms with Crippen LogP contribution in [0.3, 0.4) is 0 Å². The van der Waals surface area contributed by atoms with Crippen molar-refractivity contribution in [1.82, 2.24) is 14.7 Å².